The highest BCUT2D eigenvalue weighted by Gasteiger charge is 2.30. The Bertz CT molecular complexity index is 1940. The van der Waals surface area contributed by atoms with Crippen molar-refractivity contribution in [3.8, 4) is 0 Å². The first-order chi connectivity index (χ1) is 48.2. The summed E-state index contributed by atoms with van der Waals surface area (Å²) in [4.78, 5) is 72.9. The van der Waals surface area contributed by atoms with Crippen molar-refractivity contribution < 1.29 is 80.2 Å². The quantitative estimate of drug-likeness (QED) is 0.0222. The lowest BCUT2D eigenvalue weighted by atomic mass is 10.0. The topological polar surface area (TPSA) is 237 Å². The molecule has 17 nitrogen and oxygen atoms in total. The second kappa shape index (κ2) is 71.3. The SMILES string of the molecule is CCCCCCCCCCC(=O)OC[C@H](COP(=O)(O)OC[C@H](O)COP(=O)(O)OC[C@@H](COC(=O)CCCCCCCCCCCCCCCCC(C)C)OC(=O)CCCCCCCCCCCCCCCCCCC(C)C)OC(=O)CCCCCCCCCCCCCCCC(C)C. The number of carbonyl (C=O) groups is 4. The molecule has 0 aliphatic rings. The molecule has 19 heteroatoms. The first kappa shape index (κ1) is 98.1. The van der Waals surface area contributed by atoms with Gasteiger partial charge in [0.05, 0.1) is 26.4 Å². The molecule has 0 fully saturated rings. The molecule has 0 radical (unpaired) electrons. The molecule has 0 spiro atoms. The summed E-state index contributed by atoms with van der Waals surface area (Å²) in [6.07, 6.45) is 59.7. The second-order valence-corrected chi connectivity index (χ2v) is 33.5. The summed E-state index contributed by atoms with van der Waals surface area (Å²) in [5.74, 6) is 0.283. The molecule has 0 aromatic carbocycles. The number of hydrogen-bond donors (Lipinski definition) is 3. The van der Waals surface area contributed by atoms with Crippen LogP contribution in [0, 0.1) is 17.8 Å². The number of esters is 4. The number of phosphoric acid groups is 2. The molecule has 0 aromatic heterocycles. The number of rotatable bonds is 79. The van der Waals surface area contributed by atoms with Gasteiger partial charge in [-0.1, -0.05) is 370 Å². The van der Waals surface area contributed by atoms with Crippen molar-refractivity contribution in [2.45, 2.75) is 439 Å². The third-order valence-electron chi connectivity index (χ3n) is 18.9. The van der Waals surface area contributed by atoms with Gasteiger partial charge in [0, 0.05) is 25.7 Å². The molecule has 2 unspecified atom stereocenters. The number of hydrogen-bond acceptors (Lipinski definition) is 15. The first-order valence-corrected chi connectivity index (χ1v) is 44.8. The van der Waals surface area contributed by atoms with Crippen molar-refractivity contribution in [2.75, 3.05) is 39.6 Å². The molecule has 100 heavy (non-hydrogen) atoms. The van der Waals surface area contributed by atoms with Crippen molar-refractivity contribution in [3.05, 3.63) is 0 Å². The van der Waals surface area contributed by atoms with E-state index < -0.39 is 97.5 Å². The fraction of sp³-hybridized carbons (Fsp3) is 0.951. The van der Waals surface area contributed by atoms with Crippen LogP contribution in [0.3, 0.4) is 0 Å². The minimum absolute atomic E-state index is 0.107. The van der Waals surface area contributed by atoms with Crippen LogP contribution >= 0.6 is 15.6 Å². The first-order valence-electron chi connectivity index (χ1n) is 41.8. The highest BCUT2D eigenvalue weighted by Crippen LogP contribution is 2.45. The smallest absolute Gasteiger partial charge is 0.462 e. The van der Waals surface area contributed by atoms with Gasteiger partial charge in [-0.05, 0) is 43.4 Å². The zero-order valence-electron chi connectivity index (χ0n) is 65.7. The van der Waals surface area contributed by atoms with Crippen LogP contribution in [0.5, 0.6) is 0 Å². The Morgan fingerprint density at radius 2 is 0.460 bits per heavy atom. The summed E-state index contributed by atoms with van der Waals surface area (Å²) in [7, 11) is -9.92. The van der Waals surface area contributed by atoms with Gasteiger partial charge in [0.15, 0.2) is 12.2 Å². The van der Waals surface area contributed by atoms with Crippen molar-refractivity contribution in [1.82, 2.24) is 0 Å². The van der Waals surface area contributed by atoms with E-state index in [9.17, 15) is 43.2 Å². The van der Waals surface area contributed by atoms with Gasteiger partial charge in [0.25, 0.3) is 0 Å². The van der Waals surface area contributed by atoms with E-state index >= 15 is 0 Å². The number of carbonyl (C=O) groups excluding carboxylic acids is 4. The van der Waals surface area contributed by atoms with Crippen LogP contribution in [0.1, 0.15) is 421 Å². The van der Waals surface area contributed by atoms with E-state index in [1.165, 1.54) is 225 Å². The predicted molar refractivity (Wildman–Crippen MR) is 409 cm³/mol. The molecule has 0 rings (SSSR count). The van der Waals surface area contributed by atoms with E-state index in [-0.39, 0.29) is 25.7 Å². The highest BCUT2D eigenvalue weighted by atomic mass is 31.2. The fourth-order valence-electron chi connectivity index (χ4n) is 12.5. The summed E-state index contributed by atoms with van der Waals surface area (Å²) in [5, 5.41) is 10.6. The third kappa shape index (κ3) is 74.3. The predicted octanol–water partition coefficient (Wildman–Crippen LogP) is 24.1. The second-order valence-electron chi connectivity index (χ2n) is 30.6. The normalized spacial score (nSPS) is 14.0. The van der Waals surface area contributed by atoms with Crippen molar-refractivity contribution in [1.29, 1.82) is 0 Å². The van der Waals surface area contributed by atoms with Crippen LogP contribution in [0.15, 0.2) is 0 Å². The number of ether oxygens (including phenoxy) is 4. The van der Waals surface area contributed by atoms with Crippen LogP contribution in [0.25, 0.3) is 0 Å². The van der Waals surface area contributed by atoms with E-state index in [0.717, 1.165) is 114 Å². The minimum Gasteiger partial charge on any atom is -0.462 e. The number of aliphatic hydroxyl groups is 1. The summed E-state index contributed by atoms with van der Waals surface area (Å²) in [6, 6.07) is 0. The van der Waals surface area contributed by atoms with Crippen LogP contribution in [-0.2, 0) is 65.4 Å². The molecule has 594 valence electrons. The Morgan fingerprint density at radius 1 is 0.270 bits per heavy atom. The third-order valence-corrected chi connectivity index (χ3v) is 20.8. The van der Waals surface area contributed by atoms with Gasteiger partial charge in [0.2, 0.25) is 0 Å². The molecule has 0 bridgehead atoms. The number of unbranched alkanes of at least 4 members (excludes halogenated alkanes) is 47. The maximum atomic E-state index is 13.1. The van der Waals surface area contributed by atoms with E-state index in [1.54, 1.807) is 0 Å². The van der Waals surface area contributed by atoms with Gasteiger partial charge in [-0.15, -0.1) is 0 Å². The van der Waals surface area contributed by atoms with E-state index in [4.69, 9.17) is 37.0 Å². The van der Waals surface area contributed by atoms with Gasteiger partial charge >= 0.3 is 39.5 Å². The summed E-state index contributed by atoms with van der Waals surface area (Å²) in [5.41, 5.74) is 0. The Kier molecular flexibility index (Phi) is 69.9. The Morgan fingerprint density at radius 3 is 0.680 bits per heavy atom. The maximum absolute atomic E-state index is 13.1. The molecule has 0 heterocycles. The number of phosphoric ester groups is 2. The summed E-state index contributed by atoms with van der Waals surface area (Å²) >= 11 is 0. The van der Waals surface area contributed by atoms with Crippen LogP contribution in [0.2, 0.25) is 0 Å². The van der Waals surface area contributed by atoms with E-state index in [0.29, 0.717) is 25.7 Å². The van der Waals surface area contributed by atoms with Crippen LogP contribution in [-0.4, -0.2) is 96.7 Å². The molecule has 5 atom stereocenters. The average Bonchev–Trinajstić information content (AvgIpc) is 0.913. The average molecular weight is 1470 g/mol. The Hall–Kier alpha value is -1.94. The van der Waals surface area contributed by atoms with Crippen LogP contribution < -0.4 is 0 Å². The van der Waals surface area contributed by atoms with Gasteiger partial charge < -0.3 is 33.8 Å². The fourth-order valence-corrected chi connectivity index (χ4v) is 14.1. The van der Waals surface area contributed by atoms with Gasteiger partial charge in [-0.3, -0.25) is 37.3 Å². The van der Waals surface area contributed by atoms with Crippen molar-refractivity contribution in [2.24, 2.45) is 17.8 Å². The van der Waals surface area contributed by atoms with Gasteiger partial charge in [0.1, 0.15) is 19.3 Å². The van der Waals surface area contributed by atoms with Crippen molar-refractivity contribution in [3.63, 3.8) is 0 Å². The largest absolute Gasteiger partial charge is 0.472 e. The molecular formula is C81H158O17P2. The van der Waals surface area contributed by atoms with E-state index in [2.05, 4.69) is 48.5 Å². The summed E-state index contributed by atoms with van der Waals surface area (Å²) in [6.45, 7) is 12.0. The molecular weight excluding hydrogens is 1310 g/mol. The monoisotopic (exact) mass is 1470 g/mol. The van der Waals surface area contributed by atoms with Gasteiger partial charge in [-0.2, -0.15) is 0 Å². The molecule has 0 amide bonds. The Labute approximate surface area is 613 Å². The molecule has 3 N–H and O–H groups in total. The lowest BCUT2D eigenvalue weighted by molar-refractivity contribution is -0.161. The van der Waals surface area contributed by atoms with Gasteiger partial charge in [-0.25, -0.2) is 9.13 Å². The zero-order chi connectivity index (χ0) is 73.7. The minimum atomic E-state index is -4.96. The zero-order valence-corrected chi connectivity index (χ0v) is 67.5. The lowest BCUT2D eigenvalue weighted by Crippen LogP contribution is -2.30. The molecule has 0 aliphatic carbocycles. The molecule has 0 aliphatic heterocycles. The maximum Gasteiger partial charge on any atom is 0.472 e. The standard InChI is InChI=1S/C81H158O17P2/c1-8-9-10-11-12-41-48-55-62-78(83)91-68-76(97-80(85)65-58-51-44-37-31-25-19-22-28-34-40-47-54-61-74(6)7)70-95-99(87,88)93-66-75(82)67-94-100(89,90)96-71-77(69-92-79(84)63-56-49-42-35-29-23-18-17-21-27-33-39-46-53-60-73(4)5)98-81(86)64-57-50-43-36-30-24-16-14-13-15-20-26-32-38-45-52-59-72(2)3/h72-77,82H,8-71H2,1-7H3,(H,87,88)(H,89,90)/t75-,76+,77+/m0/s1. The Balaban J connectivity index is 5.21. The molecule has 0 aromatic rings. The highest BCUT2D eigenvalue weighted by molar-refractivity contribution is 7.47. The number of aliphatic hydroxyl groups excluding tert-OH is 1. The van der Waals surface area contributed by atoms with Crippen molar-refractivity contribution >= 4 is 39.5 Å². The molecule has 0 saturated carbocycles. The van der Waals surface area contributed by atoms with E-state index in [1.807, 2.05) is 0 Å². The lowest BCUT2D eigenvalue weighted by Gasteiger charge is -2.21. The summed E-state index contributed by atoms with van der Waals surface area (Å²) < 4.78 is 68.7. The molecule has 0 saturated heterocycles. The van der Waals surface area contributed by atoms with Crippen LogP contribution in [0.4, 0.5) is 0 Å².